The summed E-state index contributed by atoms with van der Waals surface area (Å²) in [5.74, 6) is 0.960. The van der Waals surface area contributed by atoms with Crippen LogP contribution in [-0.4, -0.2) is 31.0 Å². The van der Waals surface area contributed by atoms with E-state index in [9.17, 15) is 4.79 Å². The van der Waals surface area contributed by atoms with Crippen molar-refractivity contribution >= 4 is 5.91 Å². The smallest absolute Gasteiger partial charge is 0.226 e. The lowest BCUT2D eigenvalue weighted by Gasteiger charge is -2.22. The molecule has 4 nitrogen and oxygen atoms in total. The Kier molecular flexibility index (Phi) is 4.43. The van der Waals surface area contributed by atoms with Gasteiger partial charge in [0.05, 0.1) is 6.61 Å². The molecule has 1 aromatic carbocycles. The van der Waals surface area contributed by atoms with Gasteiger partial charge in [-0.05, 0) is 30.0 Å². The molecule has 1 heterocycles. The lowest BCUT2D eigenvalue weighted by atomic mass is 10.0. The Hall–Kier alpha value is -1.55. The molecule has 0 bridgehead atoms. The summed E-state index contributed by atoms with van der Waals surface area (Å²) in [6, 6.07) is 6.18. The molecule has 1 unspecified atom stereocenters. The van der Waals surface area contributed by atoms with Gasteiger partial charge in [0.15, 0.2) is 0 Å². The third kappa shape index (κ3) is 3.26. The van der Waals surface area contributed by atoms with Gasteiger partial charge in [-0.15, -0.1) is 0 Å². The third-order valence-electron chi connectivity index (χ3n) is 3.54. The number of carbonyl (C=O) groups is 1. The van der Waals surface area contributed by atoms with Crippen LogP contribution in [0, 0.1) is 5.92 Å². The summed E-state index contributed by atoms with van der Waals surface area (Å²) in [7, 11) is 1.82. The van der Waals surface area contributed by atoms with Gasteiger partial charge >= 0.3 is 0 Å². The minimum Gasteiger partial charge on any atom is -0.493 e. The maximum Gasteiger partial charge on any atom is 0.226 e. The van der Waals surface area contributed by atoms with Crippen molar-refractivity contribution < 1.29 is 9.53 Å². The first-order valence-electron chi connectivity index (χ1n) is 6.81. The summed E-state index contributed by atoms with van der Waals surface area (Å²) < 4.78 is 5.59. The van der Waals surface area contributed by atoms with Gasteiger partial charge in [0.1, 0.15) is 5.75 Å². The summed E-state index contributed by atoms with van der Waals surface area (Å²) in [6.45, 7) is 3.68. The highest BCUT2D eigenvalue weighted by molar-refractivity contribution is 5.78. The summed E-state index contributed by atoms with van der Waals surface area (Å²) in [4.78, 5) is 13.7. The number of hydrogen-bond donors (Lipinski definition) is 1. The quantitative estimate of drug-likeness (QED) is 0.896. The SMILES string of the molecule is CC(CN)C(=O)N(C)Cc1ccc2c(c1)CCCO2. The van der Waals surface area contributed by atoms with Crippen LogP contribution in [0.1, 0.15) is 24.5 Å². The molecule has 19 heavy (non-hydrogen) atoms. The van der Waals surface area contributed by atoms with Crippen molar-refractivity contribution in [2.45, 2.75) is 26.3 Å². The molecule has 2 N–H and O–H groups in total. The van der Waals surface area contributed by atoms with Crippen LogP contribution in [0.2, 0.25) is 0 Å². The van der Waals surface area contributed by atoms with Crippen LogP contribution in [0.4, 0.5) is 0 Å². The van der Waals surface area contributed by atoms with Gasteiger partial charge in [0.2, 0.25) is 5.91 Å². The molecule has 0 fully saturated rings. The average molecular weight is 262 g/mol. The first kappa shape index (κ1) is 13.9. The monoisotopic (exact) mass is 262 g/mol. The second kappa shape index (κ2) is 6.06. The number of aryl methyl sites for hydroxylation is 1. The molecular weight excluding hydrogens is 240 g/mol. The second-order valence-corrected chi connectivity index (χ2v) is 5.23. The molecular formula is C15H22N2O2. The molecule has 1 amide bonds. The topological polar surface area (TPSA) is 55.6 Å². The molecule has 2 rings (SSSR count). The fourth-order valence-electron chi connectivity index (χ4n) is 2.34. The van der Waals surface area contributed by atoms with Crippen LogP contribution in [0.15, 0.2) is 18.2 Å². The lowest BCUT2D eigenvalue weighted by molar-refractivity contribution is -0.133. The zero-order chi connectivity index (χ0) is 13.8. The van der Waals surface area contributed by atoms with Crippen molar-refractivity contribution in [1.29, 1.82) is 0 Å². The number of amides is 1. The zero-order valence-electron chi connectivity index (χ0n) is 11.7. The number of ether oxygens (including phenoxy) is 1. The van der Waals surface area contributed by atoms with E-state index >= 15 is 0 Å². The van der Waals surface area contributed by atoms with Gasteiger partial charge in [0, 0.05) is 26.1 Å². The highest BCUT2D eigenvalue weighted by Crippen LogP contribution is 2.26. The van der Waals surface area contributed by atoms with Gasteiger partial charge in [-0.1, -0.05) is 19.1 Å². The van der Waals surface area contributed by atoms with Crippen LogP contribution in [0.5, 0.6) is 5.75 Å². The summed E-state index contributed by atoms with van der Waals surface area (Å²) in [6.07, 6.45) is 2.12. The number of fused-ring (bicyclic) bond motifs is 1. The second-order valence-electron chi connectivity index (χ2n) is 5.23. The summed E-state index contributed by atoms with van der Waals surface area (Å²) in [5, 5.41) is 0. The lowest BCUT2D eigenvalue weighted by Crippen LogP contribution is -2.34. The molecule has 0 saturated carbocycles. The van der Waals surface area contributed by atoms with Crippen LogP contribution in [0.25, 0.3) is 0 Å². The molecule has 0 spiro atoms. The van der Waals surface area contributed by atoms with Crippen molar-refractivity contribution in [1.82, 2.24) is 4.90 Å². The Bertz CT molecular complexity index is 459. The molecule has 1 aliphatic heterocycles. The number of rotatable bonds is 4. The standard InChI is InChI=1S/C15H22N2O2/c1-11(9-16)15(18)17(2)10-12-5-6-14-13(8-12)4-3-7-19-14/h5-6,8,11H,3-4,7,9-10,16H2,1-2H3. The van der Waals surface area contributed by atoms with E-state index in [4.69, 9.17) is 10.5 Å². The molecule has 1 aliphatic rings. The van der Waals surface area contributed by atoms with Crippen molar-refractivity contribution in [2.75, 3.05) is 20.2 Å². The Morgan fingerprint density at radius 3 is 3.05 bits per heavy atom. The van der Waals surface area contributed by atoms with Crippen molar-refractivity contribution in [2.24, 2.45) is 11.7 Å². The average Bonchev–Trinajstić information content (AvgIpc) is 2.45. The van der Waals surface area contributed by atoms with Crippen molar-refractivity contribution in [3.8, 4) is 5.75 Å². The van der Waals surface area contributed by atoms with E-state index in [1.54, 1.807) is 4.90 Å². The maximum atomic E-state index is 12.0. The summed E-state index contributed by atoms with van der Waals surface area (Å²) in [5.41, 5.74) is 7.92. The number of nitrogens with zero attached hydrogens (tertiary/aromatic N) is 1. The first-order valence-corrected chi connectivity index (χ1v) is 6.81. The van der Waals surface area contributed by atoms with E-state index in [0.29, 0.717) is 13.1 Å². The van der Waals surface area contributed by atoms with E-state index < -0.39 is 0 Å². The molecule has 0 saturated heterocycles. The highest BCUT2D eigenvalue weighted by atomic mass is 16.5. The third-order valence-corrected chi connectivity index (χ3v) is 3.54. The van der Waals surface area contributed by atoms with Gasteiger partial charge in [0.25, 0.3) is 0 Å². The fourth-order valence-corrected chi connectivity index (χ4v) is 2.34. The number of hydrogen-bond acceptors (Lipinski definition) is 3. The van der Waals surface area contributed by atoms with Crippen LogP contribution < -0.4 is 10.5 Å². The maximum absolute atomic E-state index is 12.0. The number of nitrogens with two attached hydrogens (primary N) is 1. The van der Waals surface area contributed by atoms with E-state index in [2.05, 4.69) is 6.07 Å². The van der Waals surface area contributed by atoms with Gasteiger partial charge < -0.3 is 15.4 Å². The molecule has 4 heteroatoms. The Balaban J connectivity index is 2.05. The molecule has 1 atom stereocenters. The van der Waals surface area contributed by atoms with Gasteiger partial charge in [-0.2, -0.15) is 0 Å². The molecule has 1 aromatic rings. The first-order chi connectivity index (χ1) is 9.11. The van der Waals surface area contributed by atoms with Gasteiger partial charge in [-0.3, -0.25) is 4.79 Å². The normalized spacial score (nSPS) is 15.3. The Morgan fingerprint density at radius 2 is 2.32 bits per heavy atom. The van der Waals surface area contributed by atoms with Crippen LogP contribution >= 0.6 is 0 Å². The minimum atomic E-state index is -0.119. The van der Waals surface area contributed by atoms with Crippen LogP contribution in [0.3, 0.4) is 0 Å². The van der Waals surface area contributed by atoms with Gasteiger partial charge in [-0.25, -0.2) is 0 Å². The van der Waals surface area contributed by atoms with E-state index in [-0.39, 0.29) is 11.8 Å². The molecule has 0 radical (unpaired) electrons. The minimum absolute atomic E-state index is 0.0940. The number of carbonyl (C=O) groups excluding carboxylic acids is 1. The molecule has 104 valence electrons. The Labute approximate surface area is 114 Å². The van der Waals surface area contributed by atoms with E-state index in [1.165, 1.54) is 5.56 Å². The Morgan fingerprint density at radius 1 is 1.53 bits per heavy atom. The molecule has 0 aliphatic carbocycles. The van der Waals surface area contributed by atoms with Crippen molar-refractivity contribution in [3.63, 3.8) is 0 Å². The molecule has 0 aromatic heterocycles. The number of benzene rings is 1. The predicted molar refractivity (Wildman–Crippen MR) is 75.0 cm³/mol. The van der Waals surface area contributed by atoms with Crippen LogP contribution in [-0.2, 0) is 17.8 Å². The largest absolute Gasteiger partial charge is 0.493 e. The summed E-state index contributed by atoms with van der Waals surface area (Å²) >= 11 is 0. The zero-order valence-corrected chi connectivity index (χ0v) is 11.7. The van der Waals surface area contributed by atoms with E-state index in [0.717, 1.165) is 30.8 Å². The van der Waals surface area contributed by atoms with Crippen molar-refractivity contribution in [3.05, 3.63) is 29.3 Å². The fraction of sp³-hybridized carbons (Fsp3) is 0.533. The highest BCUT2D eigenvalue weighted by Gasteiger charge is 2.17. The van der Waals surface area contributed by atoms with E-state index in [1.807, 2.05) is 26.1 Å². The predicted octanol–water partition coefficient (Wildman–Crippen LogP) is 1.56.